The molecule has 0 aliphatic heterocycles. The van der Waals surface area contributed by atoms with Gasteiger partial charge in [-0.05, 0) is 23.8 Å². The molecular formula is C16H34O2P+. The highest BCUT2D eigenvalue weighted by atomic mass is 31.1. The van der Waals surface area contributed by atoms with E-state index in [0.29, 0.717) is 6.61 Å². The van der Waals surface area contributed by atoms with Crippen LogP contribution in [-0.2, 0) is 9.09 Å². The molecule has 0 aromatic heterocycles. The first-order valence-corrected chi connectivity index (χ1v) is 9.75. The SMILES string of the molecule is CCCCCCCCO[P+](=O)CCCCCCCC. The maximum absolute atomic E-state index is 11.6. The predicted octanol–water partition coefficient (Wildman–Crippen LogP) is 6.47. The first-order chi connectivity index (χ1) is 9.31. The number of hydrogen-bond acceptors (Lipinski definition) is 2. The molecular weight excluding hydrogens is 255 g/mol. The zero-order chi connectivity index (χ0) is 14.2. The lowest BCUT2D eigenvalue weighted by Gasteiger charge is -1.98. The minimum absolute atomic E-state index is 0.692. The van der Waals surface area contributed by atoms with Crippen LogP contribution in [0.5, 0.6) is 0 Å². The molecule has 2 nitrogen and oxygen atoms in total. The van der Waals surface area contributed by atoms with Gasteiger partial charge < -0.3 is 0 Å². The van der Waals surface area contributed by atoms with Gasteiger partial charge in [-0.3, -0.25) is 0 Å². The van der Waals surface area contributed by atoms with Gasteiger partial charge in [-0.2, -0.15) is 0 Å². The van der Waals surface area contributed by atoms with Gasteiger partial charge in [0.1, 0.15) is 6.61 Å². The van der Waals surface area contributed by atoms with Crippen LogP contribution in [-0.4, -0.2) is 12.8 Å². The summed E-state index contributed by atoms with van der Waals surface area (Å²) in [6.07, 6.45) is 15.8. The molecule has 0 fully saturated rings. The Morgan fingerprint density at radius 2 is 1.16 bits per heavy atom. The molecule has 0 rings (SSSR count). The highest BCUT2D eigenvalue weighted by molar-refractivity contribution is 7.39. The molecule has 0 spiro atoms. The molecule has 0 radical (unpaired) electrons. The van der Waals surface area contributed by atoms with Crippen LogP contribution in [0.1, 0.15) is 90.9 Å². The Labute approximate surface area is 121 Å². The van der Waals surface area contributed by atoms with Crippen molar-refractivity contribution in [2.24, 2.45) is 0 Å². The van der Waals surface area contributed by atoms with Gasteiger partial charge in [-0.25, -0.2) is 0 Å². The fraction of sp³-hybridized carbons (Fsp3) is 1.00. The van der Waals surface area contributed by atoms with E-state index in [0.717, 1.165) is 19.0 Å². The molecule has 114 valence electrons. The summed E-state index contributed by atoms with van der Waals surface area (Å²) < 4.78 is 17.0. The summed E-state index contributed by atoms with van der Waals surface area (Å²) in [5.74, 6) is 0. The summed E-state index contributed by atoms with van der Waals surface area (Å²) in [6.45, 7) is 5.15. The van der Waals surface area contributed by atoms with Gasteiger partial charge in [0.05, 0.1) is 0 Å². The van der Waals surface area contributed by atoms with E-state index in [4.69, 9.17) is 4.52 Å². The summed E-state index contributed by atoms with van der Waals surface area (Å²) in [5, 5.41) is 0. The largest absolute Gasteiger partial charge is 0.508 e. The van der Waals surface area contributed by atoms with Crippen LogP contribution < -0.4 is 0 Å². The van der Waals surface area contributed by atoms with Crippen LogP contribution in [0.3, 0.4) is 0 Å². The van der Waals surface area contributed by atoms with Crippen LogP contribution >= 0.6 is 8.03 Å². The number of hydrogen-bond donors (Lipinski definition) is 0. The van der Waals surface area contributed by atoms with E-state index in [-0.39, 0.29) is 0 Å². The Kier molecular flexibility index (Phi) is 16.2. The van der Waals surface area contributed by atoms with E-state index in [1.165, 1.54) is 64.2 Å². The summed E-state index contributed by atoms with van der Waals surface area (Å²) in [7, 11) is -1.38. The Bertz CT molecular complexity index is 195. The molecule has 0 saturated carbocycles. The zero-order valence-corrected chi connectivity index (χ0v) is 14.1. The van der Waals surface area contributed by atoms with Crippen molar-refractivity contribution in [3.63, 3.8) is 0 Å². The Hall–Kier alpha value is 0.0600. The first-order valence-electron chi connectivity index (χ1n) is 8.38. The highest BCUT2D eigenvalue weighted by Crippen LogP contribution is 2.25. The minimum Gasteiger partial charge on any atom is -0.146 e. The average molecular weight is 289 g/mol. The molecule has 0 aromatic carbocycles. The van der Waals surface area contributed by atoms with Crippen molar-refractivity contribution < 1.29 is 9.09 Å². The third kappa shape index (κ3) is 16.0. The second kappa shape index (κ2) is 16.1. The Morgan fingerprint density at radius 3 is 1.74 bits per heavy atom. The van der Waals surface area contributed by atoms with Crippen LogP contribution in [0.4, 0.5) is 0 Å². The molecule has 1 atom stereocenters. The van der Waals surface area contributed by atoms with Crippen LogP contribution in [0.25, 0.3) is 0 Å². The quantitative estimate of drug-likeness (QED) is 0.255. The molecule has 19 heavy (non-hydrogen) atoms. The second-order valence-electron chi connectivity index (χ2n) is 5.43. The smallest absolute Gasteiger partial charge is 0.146 e. The molecule has 3 heteroatoms. The van der Waals surface area contributed by atoms with Gasteiger partial charge in [0.15, 0.2) is 6.16 Å². The van der Waals surface area contributed by atoms with E-state index in [9.17, 15) is 4.57 Å². The maximum Gasteiger partial charge on any atom is 0.508 e. The third-order valence-electron chi connectivity index (χ3n) is 3.43. The van der Waals surface area contributed by atoms with Crippen molar-refractivity contribution in [2.45, 2.75) is 90.9 Å². The topological polar surface area (TPSA) is 26.3 Å². The van der Waals surface area contributed by atoms with E-state index in [2.05, 4.69) is 13.8 Å². The molecule has 0 amide bonds. The van der Waals surface area contributed by atoms with Crippen molar-refractivity contribution >= 4 is 8.03 Å². The van der Waals surface area contributed by atoms with Gasteiger partial charge in [0, 0.05) is 0 Å². The standard InChI is InChI=1S/C16H34O2P/c1-3-5-7-9-11-13-15-18-19(17)16-14-12-10-8-6-4-2/h3-16H2,1-2H3/q+1. The van der Waals surface area contributed by atoms with E-state index in [1.807, 2.05) is 0 Å². The van der Waals surface area contributed by atoms with Crippen LogP contribution in [0, 0.1) is 0 Å². The van der Waals surface area contributed by atoms with Crippen LogP contribution in [0.15, 0.2) is 0 Å². The van der Waals surface area contributed by atoms with Gasteiger partial charge in [-0.15, -0.1) is 4.52 Å². The highest BCUT2D eigenvalue weighted by Gasteiger charge is 2.15. The fourth-order valence-corrected chi connectivity index (χ4v) is 3.08. The van der Waals surface area contributed by atoms with Gasteiger partial charge in [-0.1, -0.05) is 71.6 Å². The predicted molar refractivity (Wildman–Crippen MR) is 85.2 cm³/mol. The second-order valence-corrected chi connectivity index (χ2v) is 6.80. The normalized spacial score (nSPS) is 11.8. The number of unbranched alkanes of at least 4 members (excludes halogenated alkanes) is 10. The molecule has 0 aliphatic rings. The van der Waals surface area contributed by atoms with Gasteiger partial charge in [0.2, 0.25) is 0 Å². The monoisotopic (exact) mass is 289 g/mol. The molecule has 0 aromatic rings. The molecule has 1 unspecified atom stereocenters. The lowest BCUT2D eigenvalue weighted by Crippen LogP contribution is -1.90. The molecule has 0 aliphatic carbocycles. The van der Waals surface area contributed by atoms with E-state index in [1.54, 1.807) is 0 Å². The minimum atomic E-state index is -1.38. The summed E-state index contributed by atoms with van der Waals surface area (Å²) in [6, 6.07) is 0. The van der Waals surface area contributed by atoms with Crippen molar-refractivity contribution in [3.8, 4) is 0 Å². The van der Waals surface area contributed by atoms with Gasteiger partial charge >= 0.3 is 8.03 Å². The third-order valence-corrected chi connectivity index (χ3v) is 4.58. The van der Waals surface area contributed by atoms with Crippen LogP contribution in [0.2, 0.25) is 0 Å². The summed E-state index contributed by atoms with van der Waals surface area (Å²) in [4.78, 5) is 0. The fourth-order valence-electron chi connectivity index (χ4n) is 2.13. The van der Waals surface area contributed by atoms with E-state index < -0.39 is 8.03 Å². The van der Waals surface area contributed by atoms with Crippen molar-refractivity contribution in [1.82, 2.24) is 0 Å². The Morgan fingerprint density at radius 1 is 0.684 bits per heavy atom. The zero-order valence-electron chi connectivity index (χ0n) is 13.2. The molecule has 0 saturated heterocycles. The van der Waals surface area contributed by atoms with Crippen molar-refractivity contribution in [1.29, 1.82) is 0 Å². The lowest BCUT2D eigenvalue weighted by atomic mass is 10.1. The molecule has 0 heterocycles. The average Bonchev–Trinajstić information content (AvgIpc) is 2.41. The summed E-state index contributed by atoms with van der Waals surface area (Å²) >= 11 is 0. The maximum atomic E-state index is 11.6. The van der Waals surface area contributed by atoms with Gasteiger partial charge in [0.25, 0.3) is 0 Å². The molecule has 0 N–H and O–H groups in total. The number of rotatable bonds is 15. The van der Waals surface area contributed by atoms with Crippen molar-refractivity contribution in [2.75, 3.05) is 12.8 Å². The lowest BCUT2D eigenvalue weighted by molar-refractivity contribution is 0.315. The first kappa shape index (κ1) is 19.1. The van der Waals surface area contributed by atoms with E-state index >= 15 is 0 Å². The van der Waals surface area contributed by atoms with Crippen molar-refractivity contribution in [3.05, 3.63) is 0 Å². The summed E-state index contributed by atoms with van der Waals surface area (Å²) in [5.41, 5.74) is 0. The molecule has 0 bridgehead atoms. The Balaban J connectivity index is 3.13.